The van der Waals surface area contributed by atoms with Gasteiger partial charge in [0, 0.05) is 31.2 Å². The second-order valence-electron chi connectivity index (χ2n) is 5.05. The van der Waals surface area contributed by atoms with Gasteiger partial charge in [-0.1, -0.05) is 0 Å². The molecule has 1 heterocycles. The first kappa shape index (κ1) is 14.4. The highest BCUT2D eigenvalue weighted by molar-refractivity contribution is 5.21. The van der Waals surface area contributed by atoms with Crippen LogP contribution in [-0.4, -0.2) is 44.3 Å². The summed E-state index contributed by atoms with van der Waals surface area (Å²) in [6.07, 6.45) is 0.0952. The summed E-state index contributed by atoms with van der Waals surface area (Å²) in [5.74, 6) is -0.804. The van der Waals surface area contributed by atoms with Crippen molar-refractivity contribution in [3.05, 3.63) is 35.4 Å². The maximum absolute atomic E-state index is 13.6. The molecular formula is C14H20F2N2O. The number of likely N-dealkylation sites (N-methyl/N-ethyl adjacent to an activating group) is 1. The average Bonchev–Trinajstić information content (AvgIpc) is 2.39. The van der Waals surface area contributed by atoms with Crippen LogP contribution in [0.4, 0.5) is 8.78 Å². The molecule has 1 aliphatic rings. The highest BCUT2D eigenvalue weighted by Gasteiger charge is 2.19. The van der Waals surface area contributed by atoms with Crippen LogP contribution in [0.25, 0.3) is 0 Å². The number of morpholine rings is 1. The van der Waals surface area contributed by atoms with E-state index in [1.165, 1.54) is 6.07 Å². The van der Waals surface area contributed by atoms with E-state index in [0.29, 0.717) is 18.7 Å². The van der Waals surface area contributed by atoms with Crippen molar-refractivity contribution in [2.75, 3.05) is 33.3 Å². The van der Waals surface area contributed by atoms with Gasteiger partial charge in [0.05, 0.1) is 12.7 Å². The van der Waals surface area contributed by atoms with Crippen LogP contribution in [0.1, 0.15) is 18.5 Å². The zero-order valence-corrected chi connectivity index (χ0v) is 11.3. The molecular weight excluding hydrogens is 250 g/mol. The molecule has 0 aromatic heterocycles. The lowest BCUT2D eigenvalue weighted by Gasteiger charge is -2.31. The number of nitrogens with one attached hydrogen (secondary N) is 1. The van der Waals surface area contributed by atoms with E-state index in [0.717, 1.165) is 25.2 Å². The zero-order chi connectivity index (χ0) is 13.8. The molecule has 3 nitrogen and oxygen atoms in total. The molecule has 0 bridgehead atoms. The van der Waals surface area contributed by atoms with E-state index in [4.69, 9.17) is 4.74 Å². The molecule has 0 radical (unpaired) electrons. The fourth-order valence-electron chi connectivity index (χ4n) is 2.25. The molecule has 0 saturated carbocycles. The molecule has 0 spiro atoms. The van der Waals surface area contributed by atoms with E-state index in [1.54, 1.807) is 0 Å². The first-order valence-corrected chi connectivity index (χ1v) is 6.54. The van der Waals surface area contributed by atoms with Crippen LogP contribution in [-0.2, 0) is 4.74 Å². The molecule has 1 aromatic carbocycles. The van der Waals surface area contributed by atoms with Gasteiger partial charge < -0.3 is 15.0 Å². The van der Waals surface area contributed by atoms with Crippen LogP contribution in [0, 0.1) is 11.6 Å². The monoisotopic (exact) mass is 270 g/mol. The molecule has 0 amide bonds. The average molecular weight is 270 g/mol. The third-order valence-electron chi connectivity index (χ3n) is 3.42. The summed E-state index contributed by atoms with van der Waals surface area (Å²) in [4.78, 5) is 2.20. The highest BCUT2D eigenvalue weighted by Crippen LogP contribution is 2.18. The van der Waals surface area contributed by atoms with Gasteiger partial charge in [0.2, 0.25) is 0 Å². The van der Waals surface area contributed by atoms with E-state index in [2.05, 4.69) is 10.2 Å². The molecule has 5 heteroatoms. The number of benzene rings is 1. The van der Waals surface area contributed by atoms with Gasteiger partial charge in [-0.05, 0) is 32.2 Å². The lowest BCUT2D eigenvalue weighted by Crippen LogP contribution is -2.45. The van der Waals surface area contributed by atoms with Crippen molar-refractivity contribution in [1.82, 2.24) is 10.2 Å². The first-order valence-electron chi connectivity index (χ1n) is 6.54. The largest absolute Gasteiger partial charge is 0.374 e. The molecule has 1 fully saturated rings. The molecule has 0 unspecified atom stereocenters. The van der Waals surface area contributed by atoms with Gasteiger partial charge in [0.15, 0.2) is 0 Å². The van der Waals surface area contributed by atoms with Gasteiger partial charge in [-0.15, -0.1) is 0 Å². The van der Waals surface area contributed by atoms with Crippen LogP contribution in [0.5, 0.6) is 0 Å². The Morgan fingerprint density at radius 1 is 1.47 bits per heavy atom. The first-order chi connectivity index (χ1) is 9.06. The van der Waals surface area contributed by atoms with Crippen LogP contribution >= 0.6 is 0 Å². The van der Waals surface area contributed by atoms with Crippen molar-refractivity contribution in [1.29, 1.82) is 0 Å². The SMILES string of the molecule is C[C@H](NC[C@H]1CN(C)CCO1)c1cc(F)ccc1F. The Hall–Kier alpha value is -1.04. The lowest BCUT2D eigenvalue weighted by molar-refractivity contribution is -0.0191. The van der Waals surface area contributed by atoms with E-state index >= 15 is 0 Å². The van der Waals surface area contributed by atoms with E-state index in [9.17, 15) is 8.78 Å². The van der Waals surface area contributed by atoms with Gasteiger partial charge >= 0.3 is 0 Å². The minimum Gasteiger partial charge on any atom is -0.374 e. The zero-order valence-electron chi connectivity index (χ0n) is 11.3. The molecule has 0 aliphatic carbocycles. The van der Waals surface area contributed by atoms with E-state index < -0.39 is 5.82 Å². The molecule has 1 aromatic rings. The molecule has 2 rings (SSSR count). The Kier molecular flexibility index (Phi) is 4.85. The van der Waals surface area contributed by atoms with Crippen LogP contribution in [0.3, 0.4) is 0 Å². The van der Waals surface area contributed by atoms with Crippen molar-refractivity contribution in [3.8, 4) is 0 Å². The predicted octanol–water partition coefficient (Wildman–Crippen LogP) is 1.95. The summed E-state index contributed by atoms with van der Waals surface area (Å²) < 4.78 is 32.3. The summed E-state index contributed by atoms with van der Waals surface area (Å²) in [6.45, 7) is 4.95. The smallest absolute Gasteiger partial charge is 0.128 e. The van der Waals surface area contributed by atoms with Crippen molar-refractivity contribution in [3.63, 3.8) is 0 Å². The Balaban J connectivity index is 1.90. The number of ether oxygens (including phenoxy) is 1. The van der Waals surface area contributed by atoms with Crippen molar-refractivity contribution in [2.24, 2.45) is 0 Å². The Morgan fingerprint density at radius 2 is 2.26 bits per heavy atom. The molecule has 1 aliphatic heterocycles. The maximum Gasteiger partial charge on any atom is 0.128 e. The van der Waals surface area contributed by atoms with Crippen LogP contribution < -0.4 is 5.32 Å². The van der Waals surface area contributed by atoms with Crippen molar-refractivity contribution in [2.45, 2.75) is 19.1 Å². The summed E-state index contributed by atoms with van der Waals surface area (Å²) >= 11 is 0. The molecule has 1 saturated heterocycles. The standard InChI is InChI=1S/C14H20F2N2O/c1-10(13-7-11(15)3-4-14(13)16)17-8-12-9-18(2)5-6-19-12/h3-4,7,10,12,17H,5-6,8-9H2,1-2H3/t10-,12-/m0/s1. The van der Waals surface area contributed by atoms with Crippen molar-refractivity contribution >= 4 is 0 Å². The predicted molar refractivity (Wildman–Crippen MR) is 70.0 cm³/mol. The molecule has 1 N–H and O–H groups in total. The quantitative estimate of drug-likeness (QED) is 0.905. The molecule has 2 atom stereocenters. The number of rotatable bonds is 4. The fourth-order valence-corrected chi connectivity index (χ4v) is 2.25. The summed E-state index contributed by atoms with van der Waals surface area (Å²) in [6, 6.07) is 3.28. The Bertz CT molecular complexity index is 428. The van der Waals surface area contributed by atoms with Crippen molar-refractivity contribution < 1.29 is 13.5 Å². The summed E-state index contributed by atoms with van der Waals surface area (Å²) in [7, 11) is 2.05. The number of hydrogen-bond donors (Lipinski definition) is 1. The van der Waals surface area contributed by atoms with Gasteiger partial charge in [-0.3, -0.25) is 0 Å². The Morgan fingerprint density at radius 3 is 3.00 bits per heavy atom. The highest BCUT2D eigenvalue weighted by atomic mass is 19.1. The number of nitrogens with zero attached hydrogens (tertiary/aromatic N) is 1. The second kappa shape index (κ2) is 6.41. The van der Waals surface area contributed by atoms with Gasteiger partial charge in [0.25, 0.3) is 0 Å². The van der Waals surface area contributed by atoms with E-state index in [-0.39, 0.29) is 18.0 Å². The number of halogens is 2. The topological polar surface area (TPSA) is 24.5 Å². The second-order valence-corrected chi connectivity index (χ2v) is 5.05. The van der Waals surface area contributed by atoms with Crippen LogP contribution in [0.15, 0.2) is 18.2 Å². The van der Waals surface area contributed by atoms with E-state index in [1.807, 2.05) is 14.0 Å². The third kappa shape index (κ3) is 3.96. The third-order valence-corrected chi connectivity index (χ3v) is 3.42. The minimum absolute atomic E-state index is 0.0952. The maximum atomic E-state index is 13.6. The molecule has 19 heavy (non-hydrogen) atoms. The number of hydrogen-bond acceptors (Lipinski definition) is 3. The summed E-state index contributed by atoms with van der Waals surface area (Å²) in [5, 5.41) is 3.20. The van der Waals surface area contributed by atoms with Crippen LogP contribution in [0.2, 0.25) is 0 Å². The molecule has 106 valence electrons. The summed E-state index contributed by atoms with van der Waals surface area (Å²) in [5.41, 5.74) is 0.351. The lowest BCUT2D eigenvalue weighted by atomic mass is 10.1. The van der Waals surface area contributed by atoms with Gasteiger partial charge in [-0.2, -0.15) is 0 Å². The fraction of sp³-hybridized carbons (Fsp3) is 0.571. The van der Waals surface area contributed by atoms with Gasteiger partial charge in [-0.25, -0.2) is 8.78 Å². The minimum atomic E-state index is -0.418. The Labute approximate surface area is 112 Å². The van der Waals surface area contributed by atoms with Gasteiger partial charge in [0.1, 0.15) is 11.6 Å². The normalized spacial score (nSPS) is 22.4.